The van der Waals surface area contributed by atoms with Gasteiger partial charge in [0.25, 0.3) is 5.91 Å². The number of likely N-dealkylation sites (tertiary alicyclic amines) is 1. The molecule has 0 radical (unpaired) electrons. The third-order valence-corrected chi connectivity index (χ3v) is 8.35. The van der Waals surface area contributed by atoms with Crippen molar-refractivity contribution in [2.24, 2.45) is 0 Å². The zero-order valence-corrected chi connectivity index (χ0v) is 23.8. The summed E-state index contributed by atoms with van der Waals surface area (Å²) in [5.74, 6) is 0.0388. The number of aromatic nitrogens is 2. The number of hydrogen-bond donors (Lipinski definition) is 3. The molecule has 0 spiro atoms. The number of nitrogens with one attached hydrogen (secondary N) is 3. The van der Waals surface area contributed by atoms with Crippen molar-refractivity contribution in [1.82, 2.24) is 20.0 Å². The van der Waals surface area contributed by atoms with Gasteiger partial charge in [0, 0.05) is 49.0 Å². The minimum Gasteiger partial charge on any atom is -0.382 e. The van der Waals surface area contributed by atoms with E-state index >= 15 is 0 Å². The van der Waals surface area contributed by atoms with Crippen LogP contribution in [0.3, 0.4) is 0 Å². The number of piperidine rings is 1. The minimum absolute atomic E-state index is 0.200. The zero-order valence-electron chi connectivity index (χ0n) is 23.8. The number of anilines is 3. The number of likely N-dealkylation sites (N-methyl/N-ethyl adjacent to an activating group) is 1. The number of fused-ring (bicyclic) bond motifs is 1. The number of halogens is 1. The van der Waals surface area contributed by atoms with Gasteiger partial charge in [-0.2, -0.15) is 5.10 Å². The van der Waals surface area contributed by atoms with Gasteiger partial charge in [-0.3, -0.25) is 9.89 Å². The van der Waals surface area contributed by atoms with E-state index in [1.54, 1.807) is 12.1 Å². The first-order valence-corrected chi connectivity index (χ1v) is 14.5. The standard InChI is InChI=1S/C32H38FN7O/c1-38-12-10-25(11-13-38)34-30-21-26(40-16-14-39(2)15-17-40)7-8-27(30)32(41)35-31-28-20-23(6-9-29(28)36-37-31)18-22-4-3-5-24(33)19-22/h3-9,19-21,25,34H,10-18H2,1-2H3,(H2,35,36,37,41). The van der Waals surface area contributed by atoms with Gasteiger partial charge >= 0.3 is 0 Å². The Bertz CT molecular complexity index is 1520. The first-order chi connectivity index (χ1) is 19.9. The molecular weight excluding hydrogens is 517 g/mol. The number of benzene rings is 3. The van der Waals surface area contributed by atoms with Gasteiger partial charge in [0.05, 0.1) is 11.1 Å². The van der Waals surface area contributed by atoms with Gasteiger partial charge in [-0.1, -0.05) is 18.2 Å². The molecule has 0 unspecified atom stereocenters. The molecule has 3 aromatic carbocycles. The topological polar surface area (TPSA) is 79.5 Å². The second-order valence-corrected chi connectivity index (χ2v) is 11.5. The van der Waals surface area contributed by atoms with E-state index in [0.717, 1.165) is 85.5 Å². The van der Waals surface area contributed by atoms with Gasteiger partial charge in [0.2, 0.25) is 0 Å². The summed E-state index contributed by atoms with van der Waals surface area (Å²) in [4.78, 5) is 20.8. The molecule has 41 heavy (non-hydrogen) atoms. The molecule has 2 fully saturated rings. The first-order valence-electron chi connectivity index (χ1n) is 14.5. The van der Waals surface area contributed by atoms with E-state index in [4.69, 9.17) is 0 Å². The SMILES string of the molecule is CN1CCC(Nc2cc(N3CCN(C)CC3)ccc2C(=O)Nc2n[nH]c3ccc(Cc4cccc(F)c4)cc23)CC1. The lowest BCUT2D eigenvalue weighted by Gasteiger charge is -2.35. The van der Waals surface area contributed by atoms with Crippen LogP contribution in [0, 0.1) is 5.82 Å². The molecule has 2 aliphatic rings. The third kappa shape index (κ3) is 6.36. The van der Waals surface area contributed by atoms with E-state index in [1.165, 1.54) is 6.07 Å². The highest BCUT2D eigenvalue weighted by Crippen LogP contribution is 2.29. The lowest BCUT2D eigenvalue weighted by molar-refractivity contribution is 0.102. The molecule has 0 aliphatic carbocycles. The molecule has 0 saturated carbocycles. The Hall–Kier alpha value is -3.95. The number of carbonyl (C=O) groups is 1. The fraction of sp³-hybridized carbons (Fsp3) is 0.375. The molecule has 214 valence electrons. The van der Waals surface area contributed by atoms with Crippen molar-refractivity contribution in [2.75, 3.05) is 68.9 Å². The number of nitrogens with zero attached hydrogens (tertiary/aromatic N) is 4. The maximum atomic E-state index is 13.7. The molecule has 9 heteroatoms. The summed E-state index contributed by atoms with van der Waals surface area (Å²) in [5, 5.41) is 15.0. The van der Waals surface area contributed by atoms with Crippen molar-refractivity contribution < 1.29 is 9.18 Å². The summed E-state index contributed by atoms with van der Waals surface area (Å²) in [6.07, 6.45) is 2.66. The van der Waals surface area contributed by atoms with Gasteiger partial charge in [-0.05, 0) is 100 Å². The number of amides is 1. The second kappa shape index (κ2) is 11.9. The lowest BCUT2D eigenvalue weighted by atomic mass is 10.0. The highest BCUT2D eigenvalue weighted by molar-refractivity contribution is 6.11. The number of hydrogen-bond acceptors (Lipinski definition) is 6. The Kier molecular flexibility index (Phi) is 7.89. The molecule has 8 nitrogen and oxygen atoms in total. The molecule has 3 N–H and O–H groups in total. The van der Waals surface area contributed by atoms with Crippen molar-refractivity contribution in [3.8, 4) is 0 Å². The van der Waals surface area contributed by atoms with Crippen molar-refractivity contribution >= 4 is 34.0 Å². The quantitative estimate of drug-likeness (QED) is 0.304. The zero-order chi connectivity index (χ0) is 28.3. The molecule has 2 saturated heterocycles. The Morgan fingerprint density at radius 2 is 1.68 bits per heavy atom. The van der Waals surface area contributed by atoms with Gasteiger partial charge in [-0.15, -0.1) is 0 Å². The Morgan fingerprint density at radius 3 is 2.46 bits per heavy atom. The molecule has 3 heterocycles. The number of piperazine rings is 1. The summed E-state index contributed by atoms with van der Waals surface area (Å²) in [6.45, 7) is 6.05. The summed E-state index contributed by atoms with van der Waals surface area (Å²) < 4.78 is 13.7. The molecular formula is C32H38FN7O. The highest BCUT2D eigenvalue weighted by Gasteiger charge is 2.22. The van der Waals surface area contributed by atoms with E-state index < -0.39 is 0 Å². The maximum Gasteiger partial charge on any atom is 0.258 e. The Labute approximate surface area is 240 Å². The summed E-state index contributed by atoms with van der Waals surface area (Å²) in [6, 6.07) is 19.0. The lowest BCUT2D eigenvalue weighted by Crippen LogP contribution is -2.44. The molecule has 6 rings (SSSR count). The van der Waals surface area contributed by atoms with E-state index in [-0.39, 0.29) is 11.7 Å². The highest BCUT2D eigenvalue weighted by atomic mass is 19.1. The number of carbonyl (C=O) groups excluding carboxylic acids is 1. The third-order valence-electron chi connectivity index (χ3n) is 8.35. The van der Waals surface area contributed by atoms with Crippen LogP contribution in [0.15, 0.2) is 60.7 Å². The van der Waals surface area contributed by atoms with Crippen LogP contribution in [0.2, 0.25) is 0 Å². The predicted molar refractivity (Wildman–Crippen MR) is 164 cm³/mol. The van der Waals surface area contributed by atoms with Crippen LogP contribution in [-0.4, -0.2) is 85.3 Å². The largest absolute Gasteiger partial charge is 0.382 e. The van der Waals surface area contributed by atoms with Crippen LogP contribution in [0.25, 0.3) is 10.9 Å². The van der Waals surface area contributed by atoms with Gasteiger partial charge in [-0.25, -0.2) is 4.39 Å². The molecule has 0 bridgehead atoms. The average Bonchev–Trinajstić information content (AvgIpc) is 3.36. The number of H-pyrrole nitrogens is 1. The van der Waals surface area contributed by atoms with Crippen molar-refractivity contribution in [3.63, 3.8) is 0 Å². The van der Waals surface area contributed by atoms with Crippen molar-refractivity contribution in [1.29, 1.82) is 0 Å². The molecule has 2 aliphatic heterocycles. The van der Waals surface area contributed by atoms with Crippen LogP contribution in [0.4, 0.5) is 21.6 Å². The van der Waals surface area contributed by atoms with Crippen LogP contribution in [0.5, 0.6) is 0 Å². The van der Waals surface area contributed by atoms with E-state index in [9.17, 15) is 9.18 Å². The molecule has 1 aromatic heterocycles. The fourth-order valence-electron chi connectivity index (χ4n) is 5.81. The summed E-state index contributed by atoms with van der Waals surface area (Å²) in [7, 11) is 4.31. The van der Waals surface area contributed by atoms with Gasteiger partial charge in [0.15, 0.2) is 5.82 Å². The van der Waals surface area contributed by atoms with Crippen LogP contribution >= 0.6 is 0 Å². The van der Waals surface area contributed by atoms with E-state index in [2.05, 4.69) is 61.8 Å². The van der Waals surface area contributed by atoms with Gasteiger partial charge < -0.3 is 25.3 Å². The summed E-state index contributed by atoms with van der Waals surface area (Å²) >= 11 is 0. The Balaban J connectivity index is 1.25. The number of aromatic amines is 1. The van der Waals surface area contributed by atoms with Gasteiger partial charge in [0.1, 0.15) is 5.82 Å². The second-order valence-electron chi connectivity index (χ2n) is 11.5. The molecule has 0 atom stereocenters. The molecule has 4 aromatic rings. The normalized spacial score (nSPS) is 17.2. The van der Waals surface area contributed by atoms with Crippen LogP contribution in [0.1, 0.15) is 34.3 Å². The van der Waals surface area contributed by atoms with E-state index in [1.807, 2.05) is 30.3 Å². The maximum absolute atomic E-state index is 13.7. The Morgan fingerprint density at radius 1 is 0.927 bits per heavy atom. The smallest absolute Gasteiger partial charge is 0.258 e. The average molecular weight is 556 g/mol. The number of rotatable bonds is 7. The van der Waals surface area contributed by atoms with Crippen molar-refractivity contribution in [3.05, 3.63) is 83.2 Å². The fourth-order valence-corrected chi connectivity index (χ4v) is 5.81. The monoisotopic (exact) mass is 555 g/mol. The minimum atomic E-state index is -0.247. The summed E-state index contributed by atoms with van der Waals surface area (Å²) in [5.41, 5.74) is 5.34. The molecule has 1 amide bonds. The first kappa shape index (κ1) is 27.2. The predicted octanol–water partition coefficient (Wildman–Crippen LogP) is 4.80. The van der Waals surface area contributed by atoms with E-state index in [0.29, 0.717) is 23.8 Å². The van der Waals surface area contributed by atoms with Crippen LogP contribution < -0.4 is 15.5 Å². The van der Waals surface area contributed by atoms with Crippen molar-refractivity contribution in [2.45, 2.75) is 25.3 Å². The van der Waals surface area contributed by atoms with Crippen LogP contribution in [-0.2, 0) is 6.42 Å².